The van der Waals surface area contributed by atoms with E-state index in [1.165, 1.54) is 0 Å². The van der Waals surface area contributed by atoms with Crippen molar-refractivity contribution in [3.05, 3.63) is 36.7 Å². The van der Waals surface area contributed by atoms with Gasteiger partial charge in [0.05, 0.1) is 17.7 Å². The highest BCUT2D eigenvalue weighted by Crippen LogP contribution is 2.23. The van der Waals surface area contributed by atoms with E-state index in [4.69, 9.17) is 11.0 Å². The first kappa shape index (κ1) is 14.1. The minimum absolute atomic E-state index is 0.260. The first-order valence-electron chi connectivity index (χ1n) is 6.80. The second-order valence-electron chi connectivity index (χ2n) is 5.72. The maximum Gasteiger partial charge on any atom is 0.0683 e. The number of rotatable bonds is 5. The summed E-state index contributed by atoms with van der Waals surface area (Å²) in [6, 6.07) is 10.1. The summed E-state index contributed by atoms with van der Waals surface area (Å²) in [7, 11) is 0. The third kappa shape index (κ3) is 3.61. The fourth-order valence-electron chi connectivity index (χ4n) is 2.09. The van der Waals surface area contributed by atoms with Gasteiger partial charge in [0, 0.05) is 24.0 Å². The predicted octanol–water partition coefficient (Wildman–Crippen LogP) is 3.46. The summed E-state index contributed by atoms with van der Waals surface area (Å²) in [6.07, 6.45) is 5.69. The smallest absolute Gasteiger partial charge is 0.0683 e. The van der Waals surface area contributed by atoms with Crippen LogP contribution in [0.5, 0.6) is 0 Å². The standard InChI is InChI=1S/C16H20N4/c1-16(2,12-17)7-4-8-20-11-14(10-19-20)13-5-3-6-15(18)9-13/h3,5-6,9-11H,4,7-8,18H2,1-2H3. The molecule has 2 aromatic rings. The Kier molecular flexibility index (Phi) is 4.09. The van der Waals surface area contributed by atoms with Gasteiger partial charge in [-0.25, -0.2) is 0 Å². The van der Waals surface area contributed by atoms with Gasteiger partial charge in [-0.2, -0.15) is 10.4 Å². The Labute approximate surface area is 119 Å². The average molecular weight is 268 g/mol. The molecule has 104 valence electrons. The minimum atomic E-state index is -0.260. The lowest BCUT2D eigenvalue weighted by Gasteiger charge is -2.14. The summed E-state index contributed by atoms with van der Waals surface area (Å²) in [5, 5.41) is 13.3. The Morgan fingerprint density at radius 3 is 2.85 bits per heavy atom. The van der Waals surface area contributed by atoms with Crippen LogP contribution in [0.1, 0.15) is 26.7 Å². The van der Waals surface area contributed by atoms with Gasteiger partial charge in [0.25, 0.3) is 0 Å². The largest absolute Gasteiger partial charge is 0.399 e. The zero-order valence-corrected chi connectivity index (χ0v) is 12.0. The van der Waals surface area contributed by atoms with Crippen molar-refractivity contribution in [1.82, 2.24) is 9.78 Å². The van der Waals surface area contributed by atoms with E-state index >= 15 is 0 Å². The number of nitriles is 1. The van der Waals surface area contributed by atoms with Crippen molar-refractivity contribution < 1.29 is 0 Å². The van der Waals surface area contributed by atoms with Crippen molar-refractivity contribution in [2.45, 2.75) is 33.2 Å². The van der Waals surface area contributed by atoms with Crippen LogP contribution in [0.2, 0.25) is 0 Å². The van der Waals surface area contributed by atoms with Crippen molar-refractivity contribution in [2.24, 2.45) is 5.41 Å². The SMILES string of the molecule is CC(C)(C#N)CCCn1cc(-c2cccc(N)c2)cn1. The molecule has 1 heterocycles. The van der Waals surface area contributed by atoms with Crippen molar-refractivity contribution in [3.63, 3.8) is 0 Å². The molecule has 0 amide bonds. The highest BCUT2D eigenvalue weighted by atomic mass is 15.3. The van der Waals surface area contributed by atoms with E-state index in [9.17, 15) is 0 Å². The molecule has 2 rings (SSSR count). The number of hydrogen-bond donors (Lipinski definition) is 1. The van der Waals surface area contributed by atoms with Gasteiger partial charge in [-0.3, -0.25) is 4.68 Å². The van der Waals surface area contributed by atoms with Crippen LogP contribution in [0.15, 0.2) is 36.7 Å². The molecule has 0 atom stereocenters. The highest BCUT2D eigenvalue weighted by Gasteiger charge is 2.15. The van der Waals surface area contributed by atoms with Crippen LogP contribution in [-0.4, -0.2) is 9.78 Å². The van der Waals surface area contributed by atoms with E-state index < -0.39 is 0 Å². The molecule has 0 spiro atoms. The normalized spacial score (nSPS) is 11.2. The molecule has 4 nitrogen and oxygen atoms in total. The third-order valence-electron chi connectivity index (χ3n) is 3.34. The van der Waals surface area contributed by atoms with Gasteiger partial charge in [0.1, 0.15) is 0 Å². The molecule has 1 aromatic heterocycles. The molecule has 0 saturated heterocycles. The Hall–Kier alpha value is -2.28. The predicted molar refractivity (Wildman–Crippen MR) is 80.7 cm³/mol. The summed E-state index contributed by atoms with van der Waals surface area (Å²) in [4.78, 5) is 0. The van der Waals surface area contributed by atoms with Crippen molar-refractivity contribution >= 4 is 5.69 Å². The molecule has 0 unspecified atom stereocenters. The third-order valence-corrected chi connectivity index (χ3v) is 3.34. The number of nitrogens with two attached hydrogens (primary N) is 1. The number of benzene rings is 1. The van der Waals surface area contributed by atoms with Crippen LogP contribution >= 0.6 is 0 Å². The van der Waals surface area contributed by atoms with E-state index in [-0.39, 0.29) is 5.41 Å². The fourth-order valence-corrected chi connectivity index (χ4v) is 2.09. The number of nitrogen functional groups attached to an aromatic ring is 1. The second-order valence-corrected chi connectivity index (χ2v) is 5.72. The molecule has 0 radical (unpaired) electrons. The van der Waals surface area contributed by atoms with Crippen LogP contribution < -0.4 is 5.73 Å². The molecular formula is C16H20N4. The van der Waals surface area contributed by atoms with Gasteiger partial charge in [-0.05, 0) is 44.4 Å². The molecule has 0 saturated carbocycles. The average Bonchev–Trinajstić information content (AvgIpc) is 2.87. The monoisotopic (exact) mass is 268 g/mol. The minimum Gasteiger partial charge on any atom is -0.399 e. The Morgan fingerprint density at radius 1 is 1.35 bits per heavy atom. The van der Waals surface area contributed by atoms with Gasteiger partial charge in [-0.15, -0.1) is 0 Å². The molecule has 0 fully saturated rings. The molecule has 20 heavy (non-hydrogen) atoms. The van der Waals surface area contributed by atoms with E-state index in [2.05, 4.69) is 11.2 Å². The molecular weight excluding hydrogens is 248 g/mol. The van der Waals surface area contributed by atoms with E-state index in [0.29, 0.717) is 0 Å². The van der Waals surface area contributed by atoms with Crippen molar-refractivity contribution in [3.8, 4) is 17.2 Å². The van der Waals surface area contributed by atoms with Crippen LogP contribution in [0.3, 0.4) is 0 Å². The first-order chi connectivity index (χ1) is 9.50. The lowest BCUT2D eigenvalue weighted by atomic mass is 9.90. The van der Waals surface area contributed by atoms with Gasteiger partial charge >= 0.3 is 0 Å². The van der Waals surface area contributed by atoms with Crippen LogP contribution in [0.25, 0.3) is 11.1 Å². The summed E-state index contributed by atoms with van der Waals surface area (Å²) >= 11 is 0. The molecule has 0 aliphatic heterocycles. The zero-order chi connectivity index (χ0) is 14.6. The maximum atomic E-state index is 8.99. The molecule has 0 aliphatic carbocycles. The quantitative estimate of drug-likeness (QED) is 0.844. The summed E-state index contributed by atoms with van der Waals surface area (Å²) in [6.45, 7) is 4.76. The fraction of sp³-hybridized carbons (Fsp3) is 0.375. The summed E-state index contributed by atoms with van der Waals surface area (Å²) in [5.41, 5.74) is 8.43. The topological polar surface area (TPSA) is 67.6 Å². The van der Waals surface area contributed by atoms with E-state index in [1.807, 2.05) is 55.2 Å². The van der Waals surface area contributed by atoms with Crippen molar-refractivity contribution in [2.75, 3.05) is 5.73 Å². The number of aromatic nitrogens is 2. The lowest BCUT2D eigenvalue weighted by molar-refractivity contribution is 0.407. The molecule has 0 bridgehead atoms. The van der Waals surface area contributed by atoms with Crippen LogP contribution in [-0.2, 0) is 6.54 Å². The number of anilines is 1. The molecule has 1 aromatic carbocycles. The Morgan fingerprint density at radius 2 is 2.15 bits per heavy atom. The zero-order valence-electron chi connectivity index (χ0n) is 12.0. The number of aryl methyl sites for hydroxylation is 1. The van der Waals surface area contributed by atoms with Gasteiger partial charge in [0.15, 0.2) is 0 Å². The van der Waals surface area contributed by atoms with Crippen molar-refractivity contribution in [1.29, 1.82) is 5.26 Å². The van der Waals surface area contributed by atoms with Crippen LogP contribution in [0, 0.1) is 16.7 Å². The Bertz CT molecular complexity index is 619. The maximum absolute atomic E-state index is 8.99. The molecule has 0 aliphatic rings. The molecule has 2 N–H and O–H groups in total. The second kappa shape index (κ2) is 5.79. The summed E-state index contributed by atoms with van der Waals surface area (Å²) in [5.74, 6) is 0. The van der Waals surface area contributed by atoms with Gasteiger partial charge in [-0.1, -0.05) is 12.1 Å². The first-order valence-corrected chi connectivity index (χ1v) is 6.80. The lowest BCUT2D eigenvalue weighted by Crippen LogP contribution is -2.09. The number of hydrogen-bond acceptors (Lipinski definition) is 3. The van der Waals surface area contributed by atoms with Gasteiger partial charge < -0.3 is 5.73 Å². The van der Waals surface area contributed by atoms with Gasteiger partial charge in [0.2, 0.25) is 0 Å². The Balaban J connectivity index is 1.98. The van der Waals surface area contributed by atoms with E-state index in [1.54, 1.807) is 0 Å². The van der Waals surface area contributed by atoms with Crippen LogP contribution in [0.4, 0.5) is 5.69 Å². The number of nitrogens with zero attached hydrogens (tertiary/aromatic N) is 3. The summed E-state index contributed by atoms with van der Waals surface area (Å²) < 4.78 is 1.92. The molecule has 4 heteroatoms. The highest BCUT2D eigenvalue weighted by molar-refractivity contribution is 5.65. The van der Waals surface area contributed by atoms with E-state index in [0.717, 1.165) is 36.2 Å².